The maximum atomic E-state index is 10.9. The van der Waals surface area contributed by atoms with Gasteiger partial charge in [0.2, 0.25) is 6.10 Å². The summed E-state index contributed by atoms with van der Waals surface area (Å²) in [5.41, 5.74) is 0. The minimum Gasteiger partial charge on any atom is -0.360 e. The van der Waals surface area contributed by atoms with E-state index in [0.717, 1.165) is 0 Å². The fraction of sp³-hybridized carbons (Fsp3) is 1.00. The molecule has 0 amide bonds. The molecule has 0 aliphatic rings. The van der Waals surface area contributed by atoms with Crippen molar-refractivity contribution in [3.8, 4) is 0 Å². The van der Waals surface area contributed by atoms with E-state index in [0.29, 0.717) is 0 Å². The van der Waals surface area contributed by atoms with Crippen molar-refractivity contribution in [2.45, 2.75) is 48.8 Å². The van der Waals surface area contributed by atoms with Crippen LogP contribution in [0.25, 0.3) is 0 Å². The van der Waals surface area contributed by atoms with Gasteiger partial charge in [-0.2, -0.15) is 0 Å². The topological polar surface area (TPSA) is 95.5 Å². The normalized spacial score (nSPS) is 18.8. The van der Waals surface area contributed by atoms with E-state index in [2.05, 4.69) is 31.9 Å². The first-order valence-corrected chi connectivity index (χ1v) is 6.34. The molecular weight excluding hydrogens is 364 g/mol. The number of hydrogen-bond donors (Lipinski definition) is 0. The molecule has 0 rings (SSSR count). The van der Waals surface area contributed by atoms with Crippen molar-refractivity contribution in [2.24, 2.45) is 0 Å². The molecule has 0 heterocycles. The number of halogens is 2. The van der Waals surface area contributed by atoms with Crippen LogP contribution in [0, 0.1) is 20.2 Å². The molecule has 0 spiro atoms. The van der Waals surface area contributed by atoms with Crippen LogP contribution in [0.2, 0.25) is 0 Å². The Kier molecular flexibility index (Phi) is 5.48. The lowest BCUT2D eigenvalue weighted by Crippen LogP contribution is -2.56. The van der Waals surface area contributed by atoms with Gasteiger partial charge in [0.05, 0.1) is 6.10 Å². The number of nitro groups is 2. The number of rotatable bonds is 6. The van der Waals surface area contributed by atoms with Crippen LogP contribution in [-0.4, -0.2) is 31.0 Å². The second-order valence-electron chi connectivity index (χ2n) is 4.13. The first kappa shape index (κ1) is 16.7. The lowest BCUT2D eigenvalue weighted by atomic mass is 10.1. The third-order valence-corrected chi connectivity index (χ3v) is 3.49. The molecule has 0 aromatic rings. The van der Waals surface area contributed by atoms with Gasteiger partial charge in [0, 0.05) is 55.6 Å². The van der Waals surface area contributed by atoms with E-state index < -0.39 is 24.8 Å². The summed E-state index contributed by atoms with van der Waals surface area (Å²) in [6.45, 7) is 5.75. The highest BCUT2D eigenvalue weighted by Gasteiger charge is 2.60. The van der Waals surface area contributed by atoms with Gasteiger partial charge in [0.15, 0.2) is 0 Å². The Labute approximate surface area is 115 Å². The van der Waals surface area contributed by atoms with Crippen LogP contribution in [0.3, 0.4) is 0 Å². The number of alkyl halides is 2. The first-order valence-electron chi connectivity index (χ1n) is 4.76. The highest BCUT2D eigenvalue weighted by atomic mass is 79.9. The van der Waals surface area contributed by atoms with E-state index >= 15 is 0 Å². The smallest absolute Gasteiger partial charge is 0.305 e. The summed E-state index contributed by atoms with van der Waals surface area (Å²) in [7, 11) is 0. The van der Waals surface area contributed by atoms with E-state index in [1.807, 2.05) is 0 Å². The summed E-state index contributed by atoms with van der Waals surface area (Å²) in [5.74, 6) is 0. The molecule has 7 nitrogen and oxygen atoms in total. The Balaban J connectivity index is 5.43. The van der Waals surface area contributed by atoms with Crippen molar-refractivity contribution in [2.75, 3.05) is 0 Å². The van der Waals surface area contributed by atoms with Gasteiger partial charge in [-0.25, -0.2) is 0 Å². The zero-order chi connectivity index (χ0) is 14.0. The summed E-state index contributed by atoms with van der Waals surface area (Å²) in [4.78, 5) is 20.6. The van der Waals surface area contributed by atoms with Gasteiger partial charge < -0.3 is 4.74 Å². The lowest BCUT2D eigenvalue weighted by Gasteiger charge is -2.31. The molecule has 0 aliphatic carbocycles. The first-order chi connectivity index (χ1) is 7.44. The maximum absolute atomic E-state index is 10.9. The van der Waals surface area contributed by atoms with Crippen molar-refractivity contribution in [1.82, 2.24) is 0 Å². The minimum atomic E-state index is -1.76. The van der Waals surface area contributed by atoms with Crippen LogP contribution in [0.1, 0.15) is 27.7 Å². The van der Waals surface area contributed by atoms with Crippen molar-refractivity contribution in [1.29, 1.82) is 0 Å². The number of ether oxygens (including phenoxy) is 1. The highest BCUT2D eigenvalue weighted by Crippen LogP contribution is 2.38. The summed E-state index contributed by atoms with van der Waals surface area (Å²) in [5, 5.41) is 21.9. The van der Waals surface area contributed by atoms with Gasteiger partial charge in [-0.15, -0.1) is 0 Å². The minimum absolute atomic E-state index is 0.381. The Hall–Kier alpha value is -0.280. The molecule has 0 radical (unpaired) electrons. The Morgan fingerprint density at radius 1 is 1.06 bits per heavy atom. The summed E-state index contributed by atoms with van der Waals surface area (Å²) in [6, 6.07) is 0. The number of hydrogen-bond acceptors (Lipinski definition) is 5. The third-order valence-electron chi connectivity index (χ3n) is 2.08. The van der Waals surface area contributed by atoms with Crippen molar-refractivity contribution in [3.05, 3.63) is 20.2 Å². The standard InChI is InChI=1S/C8H14Br2N2O5/c1-5(2)17-6(7(3,9)11(13)14)8(4,10)12(15)16/h5-6H,1-4H3/t7-,8-/m1/s1. The van der Waals surface area contributed by atoms with E-state index in [1.165, 1.54) is 13.8 Å². The van der Waals surface area contributed by atoms with Crippen LogP contribution in [0.4, 0.5) is 0 Å². The molecule has 0 aromatic heterocycles. The van der Waals surface area contributed by atoms with Gasteiger partial charge in [0.1, 0.15) is 0 Å². The molecule has 0 bridgehead atoms. The predicted octanol–water partition coefficient (Wildman–Crippen LogP) is 2.56. The zero-order valence-electron chi connectivity index (χ0n) is 9.85. The summed E-state index contributed by atoms with van der Waals surface area (Å²) in [6.07, 6.45) is -1.66. The van der Waals surface area contributed by atoms with E-state index in [-0.39, 0.29) is 6.10 Å². The third kappa shape index (κ3) is 3.85. The molecule has 17 heavy (non-hydrogen) atoms. The molecule has 9 heteroatoms. The SMILES string of the molecule is CC(C)OC([C@](C)(Br)[N+](=O)[O-])[C@](C)(Br)[N+](=O)[O-]. The van der Waals surface area contributed by atoms with Gasteiger partial charge >= 0.3 is 8.90 Å². The predicted molar refractivity (Wildman–Crippen MR) is 68.7 cm³/mol. The molecule has 0 saturated carbocycles. The Bertz CT molecular complexity index is 293. The molecule has 0 fully saturated rings. The zero-order valence-corrected chi connectivity index (χ0v) is 13.0. The van der Waals surface area contributed by atoms with E-state index in [4.69, 9.17) is 4.74 Å². The van der Waals surface area contributed by atoms with Crippen molar-refractivity contribution < 1.29 is 14.6 Å². The quantitative estimate of drug-likeness (QED) is 0.306. The van der Waals surface area contributed by atoms with Crippen LogP contribution >= 0.6 is 31.9 Å². The van der Waals surface area contributed by atoms with E-state index in [1.54, 1.807) is 13.8 Å². The second kappa shape index (κ2) is 5.57. The summed E-state index contributed by atoms with van der Waals surface area (Å²) >= 11 is 5.77. The van der Waals surface area contributed by atoms with Gasteiger partial charge in [-0.05, 0) is 13.8 Å². The van der Waals surface area contributed by atoms with Crippen molar-refractivity contribution >= 4 is 31.9 Å². The Morgan fingerprint density at radius 2 is 1.35 bits per heavy atom. The van der Waals surface area contributed by atoms with Gasteiger partial charge in [-0.1, -0.05) is 0 Å². The van der Waals surface area contributed by atoms with Gasteiger partial charge in [-0.3, -0.25) is 20.2 Å². The molecule has 0 unspecified atom stereocenters. The van der Waals surface area contributed by atoms with Gasteiger partial charge in [0.25, 0.3) is 0 Å². The van der Waals surface area contributed by atoms with Crippen LogP contribution in [-0.2, 0) is 4.74 Å². The van der Waals surface area contributed by atoms with Crippen LogP contribution in [0.5, 0.6) is 0 Å². The molecular formula is C8H14Br2N2O5. The highest BCUT2D eigenvalue weighted by molar-refractivity contribution is 9.10. The fourth-order valence-corrected chi connectivity index (χ4v) is 2.61. The fourth-order valence-electron chi connectivity index (χ4n) is 1.19. The largest absolute Gasteiger partial charge is 0.360 e. The molecule has 0 aromatic carbocycles. The molecule has 100 valence electrons. The lowest BCUT2D eigenvalue weighted by molar-refractivity contribution is -0.591. The molecule has 2 atom stereocenters. The summed E-state index contributed by atoms with van der Waals surface area (Å²) < 4.78 is 1.80. The molecule has 0 saturated heterocycles. The average Bonchev–Trinajstić information content (AvgIpc) is 2.12. The van der Waals surface area contributed by atoms with E-state index in [9.17, 15) is 20.2 Å². The van der Waals surface area contributed by atoms with Crippen molar-refractivity contribution in [3.63, 3.8) is 0 Å². The monoisotopic (exact) mass is 376 g/mol. The molecule has 0 aliphatic heterocycles. The van der Waals surface area contributed by atoms with Crippen LogP contribution in [0.15, 0.2) is 0 Å². The molecule has 0 N–H and O–H groups in total. The average molecular weight is 378 g/mol. The Morgan fingerprint density at radius 3 is 1.53 bits per heavy atom. The maximum Gasteiger partial charge on any atom is 0.305 e. The van der Waals surface area contributed by atoms with Crippen LogP contribution < -0.4 is 0 Å². The second-order valence-corrected chi connectivity index (χ2v) is 7.34. The number of nitrogens with zero attached hydrogens (tertiary/aromatic N) is 2.